The maximum atomic E-state index is 11.8. The number of carbonyl (C=O) groups excluding carboxylic acids is 1. The van der Waals surface area contributed by atoms with E-state index in [-0.39, 0.29) is 11.3 Å². The van der Waals surface area contributed by atoms with E-state index in [2.05, 4.69) is 15.9 Å². The first kappa shape index (κ1) is 10.0. The largest absolute Gasteiger partial charge is 0.342 e. The predicted octanol–water partition coefficient (Wildman–Crippen LogP) is 2.03. The number of alkyl halides is 1. The number of likely N-dealkylation sites (tertiary alicyclic amines) is 1. The first-order chi connectivity index (χ1) is 5.58. The van der Waals surface area contributed by atoms with Gasteiger partial charge in [0.25, 0.3) is 0 Å². The van der Waals surface area contributed by atoms with Gasteiger partial charge in [-0.05, 0) is 12.8 Å². The summed E-state index contributed by atoms with van der Waals surface area (Å²) in [5, 5.41) is 0.745. The lowest BCUT2D eigenvalue weighted by Gasteiger charge is -2.27. The van der Waals surface area contributed by atoms with E-state index in [1.165, 1.54) is 12.8 Å². The Morgan fingerprint density at radius 1 is 1.42 bits per heavy atom. The number of carbonyl (C=O) groups is 1. The molecule has 0 aromatic heterocycles. The van der Waals surface area contributed by atoms with Gasteiger partial charge in [-0.25, -0.2) is 0 Å². The third kappa shape index (κ3) is 2.00. The Balaban J connectivity index is 2.56. The zero-order valence-electron chi connectivity index (χ0n) is 7.77. The van der Waals surface area contributed by atoms with Crippen LogP contribution in [-0.4, -0.2) is 29.2 Å². The van der Waals surface area contributed by atoms with Crippen molar-refractivity contribution in [1.82, 2.24) is 4.90 Å². The molecule has 2 nitrogen and oxygen atoms in total. The van der Waals surface area contributed by atoms with Gasteiger partial charge in [-0.3, -0.25) is 4.79 Å². The molecule has 0 unspecified atom stereocenters. The molecule has 1 aliphatic rings. The molecule has 1 saturated heterocycles. The molecule has 1 fully saturated rings. The molecule has 0 spiro atoms. The fraction of sp³-hybridized carbons (Fsp3) is 0.889. The third-order valence-corrected chi connectivity index (χ3v) is 3.71. The summed E-state index contributed by atoms with van der Waals surface area (Å²) in [6, 6.07) is 0. The fourth-order valence-corrected chi connectivity index (χ4v) is 1.65. The van der Waals surface area contributed by atoms with E-state index >= 15 is 0 Å². The van der Waals surface area contributed by atoms with Crippen LogP contribution in [0.5, 0.6) is 0 Å². The standard InChI is InChI=1S/C9H16BrNO/c1-9(2,7-10)8(12)11-5-3-4-6-11/h3-7H2,1-2H3. The average Bonchev–Trinajstić information content (AvgIpc) is 2.55. The van der Waals surface area contributed by atoms with Crippen molar-refractivity contribution in [3.8, 4) is 0 Å². The maximum Gasteiger partial charge on any atom is 0.229 e. The van der Waals surface area contributed by atoms with Crippen LogP contribution in [0.25, 0.3) is 0 Å². The van der Waals surface area contributed by atoms with Crippen LogP contribution in [0.3, 0.4) is 0 Å². The van der Waals surface area contributed by atoms with Gasteiger partial charge < -0.3 is 4.90 Å². The molecule has 0 aliphatic carbocycles. The maximum absolute atomic E-state index is 11.8. The Kier molecular flexibility index (Phi) is 3.16. The van der Waals surface area contributed by atoms with Crippen LogP contribution in [0.1, 0.15) is 26.7 Å². The molecule has 0 aromatic rings. The van der Waals surface area contributed by atoms with E-state index in [4.69, 9.17) is 0 Å². The van der Waals surface area contributed by atoms with Gasteiger partial charge in [0.15, 0.2) is 0 Å². The van der Waals surface area contributed by atoms with Crippen molar-refractivity contribution in [2.75, 3.05) is 18.4 Å². The number of rotatable bonds is 2. The second-order valence-corrected chi connectivity index (χ2v) is 4.58. The van der Waals surface area contributed by atoms with E-state index in [0.717, 1.165) is 18.4 Å². The summed E-state index contributed by atoms with van der Waals surface area (Å²) in [4.78, 5) is 13.8. The van der Waals surface area contributed by atoms with E-state index < -0.39 is 0 Å². The summed E-state index contributed by atoms with van der Waals surface area (Å²) in [5.74, 6) is 0.289. The fourth-order valence-electron chi connectivity index (χ4n) is 1.41. The van der Waals surface area contributed by atoms with Gasteiger partial charge in [0.2, 0.25) is 5.91 Å². The zero-order chi connectivity index (χ0) is 9.19. The topological polar surface area (TPSA) is 20.3 Å². The van der Waals surface area contributed by atoms with Crippen molar-refractivity contribution in [3.63, 3.8) is 0 Å². The molecule has 0 N–H and O–H groups in total. The number of nitrogens with zero attached hydrogens (tertiary/aromatic N) is 1. The monoisotopic (exact) mass is 233 g/mol. The third-order valence-electron chi connectivity index (χ3n) is 2.31. The Labute approximate surface area is 82.4 Å². The highest BCUT2D eigenvalue weighted by atomic mass is 79.9. The molecule has 1 rings (SSSR count). The van der Waals surface area contributed by atoms with Crippen LogP contribution < -0.4 is 0 Å². The minimum atomic E-state index is -0.232. The van der Waals surface area contributed by atoms with Crippen LogP contribution in [0.15, 0.2) is 0 Å². The molecule has 3 heteroatoms. The predicted molar refractivity (Wildman–Crippen MR) is 53.4 cm³/mol. The number of hydrogen-bond donors (Lipinski definition) is 0. The summed E-state index contributed by atoms with van der Waals surface area (Å²) in [6.07, 6.45) is 2.34. The van der Waals surface area contributed by atoms with E-state index in [0.29, 0.717) is 0 Å². The highest BCUT2D eigenvalue weighted by Crippen LogP contribution is 2.23. The lowest BCUT2D eigenvalue weighted by Crippen LogP contribution is -2.40. The molecule has 12 heavy (non-hydrogen) atoms. The minimum Gasteiger partial charge on any atom is -0.342 e. The first-order valence-electron chi connectivity index (χ1n) is 4.43. The van der Waals surface area contributed by atoms with Crippen molar-refractivity contribution < 1.29 is 4.79 Å². The smallest absolute Gasteiger partial charge is 0.229 e. The molecule has 1 amide bonds. The zero-order valence-corrected chi connectivity index (χ0v) is 9.35. The second-order valence-electron chi connectivity index (χ2n) is 4.02. The van der Waals surface area contributed by atoms with Gasteiger partial charge in [0, 0.05) is 18.4 Å². The van der Waals surface area contributed by atoms with Crippen LogP contribution >= 0.6 is 15.9 Å². The van der Waals surface area contributed by atoms with Crippen LogP contribution in [-0.2, 0) is 4.79 Å². The summed E-state index contributed by atoms with van der Waals surface area (Å²) < 4.78 is 0. The number of amides is 1. The number of hydrogen-bond acceptors (Lipinski definition) is 1. The molecule has 0 saturated carbocycles. The molecule has 0 aromatic carbocycles. The molecule has 0 radical (unpaired) electrons. The molecule has 0 atom stereocenters. The molecular weight excluding hydrogens is 218 g/mol. The quantitative estimate of drug-likeness (QED) is 0.669. The van der Waals surface area contributed by atoms with Crippen molar-refractivity contribution in [3.05, 3.63) is 0 Å². The second kappa shape index (κ2) is 3.77. The summed E-state index contributed by atoms with van der Waals surface area (Å²) in [5.41, 5.74) is -0.232. The summed E-state index contributed by atoms with van der Waals surface area (Å²) >= 11 is 3.37. The number of halogens is 1. The van der Waals surface area contributed by atoms with Crippen LogP contribution in [0.4, 0.5) is 0 Å². The summed E-state index contributed by atoms with van der Waals surface area (Å²) in [6.45, 7) is 5.88. The van der Waals surface area contributed by atoms with Crippen molar-refractivity contribution in [2.45, 2.75) is 26.7 Å². The van der Waals surface area contributed by atoms with E-state index in [1.54, 1.807) is 0 Å². The van der Waals surface area contributed by atoms with Crippen LogP contribution in [0, 0.1) is 5.41 Å². The molecule has 70 valence electrons. The highest BCUT2D eigenvalue weighted by molar-refractivity contribution is 9.09. The van der Waals surface area contributed by atoms with Gasteiger partial charge in [-0.2, -0.15) is 0 Å². The van der Waals surface area contributed by atoms with Gasteiger partial charge in [-0.15, -0.1) is 0 Å². The van der Waals surface area contributed by atoms with Gasteiger partial charge in [-0.1, -0.05) is 29.8 Å². The summed E-state index contributed by atoms with van der Waals surface area (Å²) in [7, 11) is 0. The Morgan fingerprint density at radius 3 is 2.33 bits per heavy atom. The van der Waals surface area contributed by atoms with Crippen molar-refractivity contribution >= 4 is 21.8 Å². The van der Waals surface area contributed by atoms with E-state index in [1.807, 2.05) is 18.7 Å². The average molecular weight is 234 g/mol. The van der Waals surface area contributed by atoms with Crippen molar-refractivity contribution in [1.29, 1.82) is 0 Å². The first-order valence-corrected chi connectivity index (χ1v) is 5.55. The van der Waals surface area contributed by atoms with Crippen LogP contribution in [0.2, 0.25) is 0 Å². The highest BCUT2D eigenvalue weighted by Gasteiger charge is 2.31. The normalized spacial score (nSPS) is 18.4. The van der Waals surface area contributed by atoms with E-state index in [9.17, 15) is 4.79 Å². The SMILES string of the molecule is CC(C)(CBr)C(=O)N1CCCC1. The lowest BCUT2D eigenvalue weighted by atomic mass is 9.95. The molecule has 0 bridgehead atoms. The Hall–Kier alpha value is -0.0500. The molecular formula is C9H16BrNO. The van der Waals surface area contributed by atoms with Crippen molar-refractivity contribution in [2.24, 2.45) is 5.41 Å². The minimum absolute atomic E-state index is 0.232. The Bertz CT molecular complexity index is 173. The van der Waals surface area contributed by atoms with Gasteiger partial charge in [0.05, 0.1) is 5.41 Å². The van der Waals surface area contributed by atoms with Gasteiger partial charge >= 0.3 is 0 Å². The van der Waals surface area contributed by atoms with Gasteiger partial charge in [0.1, 0.15) is 0 Å². The molecule has 1 heterocycles. The lowest BCUT2D eigenvalue weighted by molar-refractivity contribution is -0.137. The molecule has 1 aliphatic heterocycles. The Morgan fingerprint density at radius 2 is 1.92 bits per heavy atom.